The summed E-state index contributed by atoms with van der Waals surface area (Å²) in [5.41, 5.74) is 4.17. The second-order valence-electron chi connectivity index (χ2n) is 10.1. The predicted molar refractivity (Wildman–Crippen MR) is 141 cm³/mol. The third-order valence-electron chi connectivity index (χ3n) is 6.60. The molecule has 0 unspecified atom stereocenters. The van der Waals surface area contributed by atoms with Gasteiger partial charge in [0.1, 0.15) is 29.7 Å². The summed E-state index contributed by atoms with van der Waals surface area (Å²) in [5, 5.41) is 8.79. The molecular formula is C29H29F2NO5S. The summed E-state index contributed by atoms with van der Waals surface area (Å²) in [6.45, 7) is 3.86. The number of aliphatic carboxylic acids is 1. The van der Waals surface area contributed by atoms with E-state index in [1.165, 1.54) is 35.2 Å². The molecule has 1 N–H and O–H groups in total. The van der Waals surface area contributed by atoms with E-state index in [0.29, 0.717) is 42.8 Å². The summed E-state index contributed by atoms with van der Waals surface area (Å²) in [7, 11) is 0. The van der Waals surface area contributed by atoms with E-state index in [2.05, 4.69) is 23.4 Å². The van der Waals surface area contributed by atoms with Gasteiger partial charge in [-0.05, 0) is 84.3 Å². The number of rotatable bonds is 11. The minimum absolute atomic E-state index is 0.0963. The van der Waals surface area contributed by atoms with Crippen molar-refractivity contribution in [3.63, 3.8) is 0 Å². The highest BCUT2D eigenvalue weighted by Crippen LogP contribution is 2.43. The Bertz CT molecular complexity index is 1290. The molecule has 3 aromatic rings. The van der Waals surface area contributed by atoms with Crippen molar-refractivity contribution in [1.29, 1.82) is 0 Å². The van der Waals surface area contributed by atoms with Gasteiger partial charge in [-0.25, -0.2) is 13.6 Å². The Hall–Kier alpha value is -3.30. The first-order chi connectivity index (χ1) is 18.3. The van der Waals surface area contributed by atoms with Crippen LogP contribution in [0.3, 0.4) is 0 Å². The molecule has 0 spiro atoms. The molecule has 1 heterocycles. The Balaban J connectivity index is 1.42. The maximum absolute atomic E-state index is 14.0. The first-order valence-electron chi connectivity index (χ1n) is 12.5. The lowest BCUT2D eigenvalue weighted by Gasteiger charge is -2.42. The van der Waals surface area contributed by atoms with Gasteiger partial charge in [0.15, 0.2) is 6.61 Å². The number of nitrogens with zero attached hydrogens (tertiary/aromatic N) is 1. The summed E-state index contributed by atoms with van der Waals surface area (Å²) >= 11 is 1.29. The molecule has 5 rings (SSSR count). The maximum Gasteiger partial charge on any atom is 0.341 e. The number of carbonyl (C=O) groups is 1. The van der Waals surface area contributed by atoms with Crippen LogP contribution in [0.1, 0.15) is 30.0 Å². The van der Waals surface area contributed by atoms with Crippen molar-refractivity contribution >= 4 is 23.6 Å². The Labute approximate surface area is 224 Å². The van der Waals surface area contributed by atoms with Crippen molar-refractivity contribution in [3.8, 4) is 11.5 Å². The van der Waals surface area contributed by atoms with Crippen LogP contribution in [0, 0.1) is 17.0 Å². The van der Waals surface area contributed by atoms with Gasteiger partial charge in [0.2, 0.25) is 0 Å². The third kappa shape index (κ3) is 6.39. The van der Waals surface area contributed by atoms with Crippen molar-refractivity contribution in [2.75, 3.05) is 30.7 Å². The van der Waals surface area contributed by atoms with E-state index in [0.717, 1.165) is 36.6 Å². The van der Waals surface area contributed by atoms with Crippen molar-refractivity contribution < 1.29 is 32.9 Å². The smallest absolute Gasteiger partial charge is 0.341 e. The molecule has 3 aromatic carbocycles. The van der Waals surface area contributed by atoms with Crippen LogP contribution in [0.15, 0.2) is 59.5 Å². The quantitative estimate of drug-likeness (QED) is 0.297. The zero-order valence-electron chi connectivity index (χ0n) is 21.0. The first-order valence-corrected chi connectivity index (χ1v) is 13.3. The lowest BCUT2D eigenvalue weighted by molar-refractivity contribution is -0.139. The minimum Gasteiger partial charge on any atom is -0.487 e. The van der Waals surface area contributed by atoms with Crippen molar-refractivity contribution in [1.82, 2.24) is 0 Å². The number of carboxylic acid groups (broad SMARTS) is 1. The zero-order chi connectivity index (χ0) is 26.7. The van der Waals surface area contributed by atoms with Crippen LogP contribution in [-0.4, -0.2) is 37.4 Å². The average molecular weight is 542 g/mol. The molecule has 38 heavy (non-hydrogen) atoms. The predicted octanol–water partition coefficient (Wildman–Crippen LogP) is 6.05. The molecule has 0 amide bonds. The van der Waals surface area contributed by atoms with Crippen LogP contribution in [0.2, 0.25) is 0 Å². The monoisotopic (exact) mass is 541 g/mol. The molecular weight excluding hydrogens is 512 g/mol. The minimum atomic E-state index is -1.03. The molecule has 0 aromatic heterocycles. The molecule has 1 saturated heterocycles. The molecule has 1 aliphatic carbocycles. The second kappa shape index (κ2) is 11.2. The van der Waals surface area contributed by atoms with Gasteiger partial charge < -0.3 is 23.6 Å². The number of anilines is 1. The van der Waals surface area contributed by atoms with E-state index < -0.39 is 24.2 Å². The van der Waals surface area contributed by atoms with E-state index in [4.69, 9.17) is 19.3 Å². The zero-order valence-corrected chi connectivity index (χ0v) is 21.9. The number of halogens is 2. The van der Waals surface area contributed by atoms with Crippen LogP contribution in [0.5, 0.6) is 11.5 Å². The van der Waals surface area contributed by atoms with Crippen molar-refractivity contribution in [2.24, 2.45) is 5.41 Å². The number of carboxylic acids is 1. The fourth-order valence-corrected chi connectivity index (χ4v) is 5.85. The lowest BCUT2D eigenvalue weighted by Crippen LogP contribution is -2.47. The Morgan fingerprint density at radius 3 is 2.34 bits per heavy atom. The number of aryl methyl sites for hydroxylation is 2. The lowest BCUT2D eigenvalue weighted by atomic mass is 9.88. The Morgan fingerprint density at radius 1 is 1.03 bits per heavy atom. The number of hydrogen-bond donors (Lipinski definition) is 1. The van der Waals surface area contributed by atoms with Crippen LogP contribution in [0.4, 0.5) is 14.5 Å². The summed E-state index contributed by atoms with van der Waals surface area (Å²) in [4.78, 5) is 11.2. The van der Waals surface area contributed by atoms with Crippen LogP contribution >= 0.6 is 11.9 Å². The van der Waals surface area contributed by atoms with Gasteiger partial charge in [-0.2, -0.15) is 0 Å². The van der Waals surface area contributed by atoms with Gasteiger partial charge >= 0.3 is 5.97 Å². The highest BCUT2D eigenvalue weighted by Gasteiger charge is 2.37. The highest BCUT2D eigenvalue weighted by molar-refractivity contribution is 8.00. The number of ether oxygens (including phenoxy) is 3. The van der Waals surface area contributed by atoms with Gasteiger partial charge in [0, 0.05) is 22.9 Å². The fraction of sp³-hybridized carbons (Fsp3) is 0.345. The molecule has 200 valence electrons. The Kier molecular flexibility index (Phi) is 7.76. The summed E-state index contributed by atoms with van der Waals surface area (Å²) in [6, 6.07) is 14.9. The van der Waals surface area contributed by atoms with E-state index in [1.54, 1.807) is 12.1 Å². The molecule has 2 aliphatic rings. The molecule has 9 heteroatoms. The molecule has 0 bridgehead atoms. The van der Waals surface area contributed by atoms with Crippen LogP contribution in [-0.2, 0) is 29.0 Å². The largest absolute Gasteiger partial charge is 0.487 e. The summed E-state index contributed by atoms with van der Waals surface area (Å²) < 4.78 is 47.2. The van der Waals surface area contributed by atoms with Crippen LogP contribution in [0.25, 0.3) is 0 Å². The molecule has 0 saturated carbocycles. The molecule has 1 fully saturated rings. The maximum atomic E-state index is 14.0. The average Bonchev–Trinajstić information content (AvgIpc) is 3.32. The highest BCUT2D eigenvalue weighted by atomic mass is 32.2. The van der Waals surface area contributed by atoms with Gasteiger partial charge in [0.05, 0.1) is 18.9 Å². The fourth-order valence-electron chi connectivity index (χ4n) is 4.65. The van der Waals surface area contributed by atoms with Gasteiger partial charge in [-0.1, -0.05) is 19.1 Å². The van der Waals surface area contributed by atoms with Gasteiger partial charge in [-0.15, -0.1) is 0 Å². The molecule has 0 atom stereocenters. The van der Waals surface area contributed by atoms with Crippen LogP contribution < -0.4 is 13.8 Å². The van der Waals surface area contributed by atoms with E-state index in [-0.39, 0.29) is 5.41 Å². The SMILES string of the molecule is CC1(CN(Sc2cc(F)cc(F)c2)c2cc3c(cc2OCc2ccc(OCC(=O)O)cc2)CCC3)COC1. The topological polar surface area (TPSA) is 68.2 Å². The first kappa shape index (κ1) is 26.3. The normalized spacial score (nSPS) is 15.4. The standard InChI is InChI=1S/C29H29F2NO5S/c1-29(17-35-18-29)16-32(38-25-12-22(30)11-23(31)13-25)26-9-20-3-2-4-21(20)10-27(26)37-14-19-5-7-24(8-6-19)36-15-28(33)34/h5-13H,2-4,14-18H2,1H3,(H,33,34). The van der Waals surface area contributed by atoms with E-state index in [9.17, 15) is 13.6 Å². The van der Waals surface area contributed by atoms with E-state index >= 15 is 0 Å². The third-order valence-corrected chi connectivity index (χ3v) is 7.59. The molecule has 1 aliphatic heterocycles. The van der Waals surface area contributed by atoms with Crippen molar-refractivity contribution in [3.05, 3.63) is 82.9 Å². The number of benzene rings is 3. The van der Waals surface area contributed by atoms with Gasteiger partial charge in [-0.3, -0.25) is 0 Å². The van der Waals surface area contributed by atoms with Crippen molar-refractivity contribution in [2.45, 2.75) is 37.7 Å². The Morgan fingerprint density at radius 2 is 1.71 bits per heavy atom. The molecule has 6 nitrogen and oxygen atoms in total. The van der Waals surface area contributed by atoms with Gasteiger partial charge in [0.25, 0.3) is 0 Å². The molecule has 0 radical (unpaired) electrons. The van der Waals surface area contributed by atoms with E-state index in [1.807, 2.05) is 12.1 Å². The second-order valence-corrected chi connectivity index (χ2v) is 11.2. The summed E-state index contributed by atoms with van der Waals surface area (Å²) in [6.07, 6.45) is 3.03. The number of hydrogen-bond acceptors (Lipinski definition) is 6. The summed E-state index contributed by atoms with van der Waals surface area (Å²) in [5.74, 6) is -1.11. The number of fused-ring (bicyclic) bond motifs is 1.